The number of hydrogen-bond acceptors (Lipinski definition) is 4. The number of aromatic nitrogens is 4. The summed E-state index contributed by atoms with van der Waals surface area (Å²) >= 11 is 0. The van der Waals surface area contributed by atoms with E-state index in [9.17, 15) is 9.59 Å². The van der Waals surface area contributed by atoms with Gasteiger partial charge in [-0.2, -0.15) is 10.2 Å². The van der Waals surface area contributed by atoms with Crippen molar-refractivity contribution in [3.8, 4) is 5.69 Å². The molecule has 8 nitrogen and oxygen atoms in total. The maximum atomic E-state index is 12.9. The van der Waals surface area contributed by atoms with Gasteiger partial charge in [-0.25, -0.2) is 4.68 Å². The summed E-state index contributed by atoms with van der Waals surface area (Å²) in [5.41, 5.74) is 2.60. The summed E-state index contributed by atoms with van der Waals surface area (Å²) in [6.45, 7) is 4.22. The molecule has 0 spiro atoms. The molecule has 0 saturated heterocycles. The van der Waals surface area contributed by atoms with Crippen molar-refractivity contribution in [1.29, 1.82) is 0 Å². The van der Waals surface area contributed by atoms with Gasteiger partial charge in [0.15, 0.2) is 5.69 Å². The molecule has 0 fully saturated rings. The topological polar surface area (TPSA) is 93.8 Å². The standard InChI is InChI=1S/C24H24N6O2/c1-17(2)23(31)27-22-15-21(28-30(22)20-10-4-3-5-11-20)24(32)26-19-9-6-8-18(14-19)16-29-13-7-12-25-29/h3-15,17H,16H2,1-2H3,(H,26,32)(H,27,31). The van der Waals surface area contributed by atoms with Crippen molar-refractivity contribution in [3.63, 3.8) is 0 Å². The molecule has 0 aliphatic heterocycles. The molecule has 8 heteroatoms. The highest BCUT2D eigenvalue weighted by molar-refractivity contribution is 6.04. The van der Waals surface area contributed by atoms with E-state index in [2.05, 4.69) is 20.8 Å². The zero-order chi connectivity index (χ0) is 22.5. The lowest BCUT2D eigenvalue weighted by molar-refractivity contribution is -0.118. The number of benzene rings is 2. The van der Waals surface area contributed by atoms with Gasteiger partial charge >= 0.3 is 0 Å². The Labute approximate surface area is 185 Å². The molecule has 2 amide bonds. The van der Waals surface area contributed by atoms with Gasteiger partial charge in [0, 0.05) is 30.1 Å². The number of rotatable bonds is 7. The minimum Gasteiger partial charge on any atom is -0.321 e. The minimum atomic E-state index is -0.365. The molecule has 0 bridgehead atoms. The van der Waals surface area contributed by atoms with Crippen LogP contribution < -0.4 is 10.6 Å². The Morgan fingerprint density at radius 1 is 0.969 bits per heavy atom. The van der Waals surface area contributed by atoms with Gasteiger partial charge < -0.3 is 10.6 Å². The highest BCUT2D eigenvalue weighted by Gasteiger charge is 2.18. The summed E-state index contributed by atoms with van der Waals surface area (Å²) in [5, 5.41) is 14.4. The maximum Gasteiger partial charge on any atom is 0.276 e. The van der Waals surface area contributed by atoms with E-state index in [0.717, 1.165) is 11.3 Å². The van der Waals surface area contributed by atoms with E-state index in [1.807, 2.05) is 85.4 Å². The van der Waals surface area contributed by atoms with Crippen LogP contribution in [-0.4, -0.2) is 31.4 Å². The molecule has 0 saturated carbocycles. The second-order valence-corrected chi connectivity index (χ2v) is 7.66. The summed E-state index contributed by atoms with van der Waals surface area (Å²) in [4.78, 5) is 25.2. The Bertz CT molecular complexity index is 1210. The molecule has 32 heavy (non-hydrogen) atoms. The van der Waals surface area contributed by atoms with E-state index in [0.29, 0.717) is 18.1 Å². The smallest absolute Gasteiger partial charge is 0.276 e. The first-order chi connectivity index (χ1) is 15.5. The van der Waals surface area contributed by atoms with Crippen LogP contribution in [0.3, 0.4) is 0 Å². The Hall–Kier alpha value is -4.20. The molecule has 162 valence electrons. The largest absolute Gasteiger partial charge is 0.321 e. The van der Waals surface area contributed by atoms with Gasteiger partial charge in [0.05, 0.1) is 12.2 Å². The normalized spacial score (nSPS) is 10.8. The number of anilines is 2. The lowest BCUT2D eigenvalue weighted by Crippen LogP contribution is -2.19. The predicted octanol–water partition coefficient (Wildman–Crippen LogP) is 3.96. The van der Waals surface area contributed by atoms with Gasteiger partial charge in [-0.05, 0) is 35.9 Å². The summed E-state index contributed by atoms with van der Waals surface area (Å²) < 4.78 is 3.37. The molecule has 4 aromatic rings. The summed E-state index contributed by atoms with van der Waals surface area (Å²) in [7, 11) is 0. The zero-order valence-corrected chi connectivity index (χ0v) is 17.9. The van der Waals surface area contributed by atoms with Crippen molar-refractivity contribution in [2.45, 2.75) is 20.4 Å². The molecule has 2 heterocycles. The van der Waals surface area contributed by atoms with Crippen LogP contribution in [0.2, 0.25) is 0 Å². The quantitative estimate of drug-likeness (QED) is 0.466. The van der Waals surface area contributed by atoms with Crippen molar-refractivity contribution in [2.24, 2.45) is 5.92 Å². The predicted molar refractivity (Wildman–Crippen MR) is 123 cm³/mol. The third kappa shape index (κ3) is 4.92. The second kappa shape index (κ2) is 9.30. The summed E-state index contributed by atoms with van der Waals surface area (Å²) in [5.74, 6) is -0.285. The molecule has 0 aliphatic carbocycles. The number of nitrogens with one attached hydrogen (secondary N) is 2. The first-order valence-electron chi connectivity index (χ1n) is 10.3. The average Bonchev–Trinajstić information content (AvgIpc) is 3.44. The molecule has 0 aliphatic rings. The molecule has 2 aromatic carbocycles. The Kier molecular flexibility index (Phi) is 6.12. The highest BCUT2D eigenvalue weighted by atomic mass is 16.2. The fraction of sp³-hybridized carbons (Fsp3) is 0.167. The van der Waals surface area contributed by atoms with Crippen LogP contribution in [0.5, 0.6) is 0 Å². The lowest BCUT2D eigenvalue weighted by atomic mass is 10.2. The molecule has 0 atom stereocenters. The number of nitrogens with zero attached hydrogens (tertiary/aromatic N) is 4. The number of para-hydroxylation sites is 1. The van der Waals surface area contributed by atoms with E-state index >= 15 is 0 Å². The first-order valence-corrected chi connectivity index (χ1v) is 10.3. The summed E-state index contributed by atoms with van der Waals surface area (Å²) in [6.07, 6.45) is 3.61. The highest BCUT2D eigenvalue weighted by Crippen LogP contribution is 2.20. The molecule has 2 N–H and O–H groups in total. The van der Waals surface area contributed by atoms with Crippen LogP contribution >= 0.6 is 0 Å². The van der Waals surface area contributed by atoms with Gasteiger partial charge in [-0.1, -0.05) is 44.2 Å². The van der Waals surface area contributed by atoms with Crippen molar-refractivity contribution >= 4 is 23.3 Å². The van der Waals surface area contributed by atoms with Gasteiger partial charge in [-0.3, -0.25) is 14.3 Å². The fourth-order valence-corrected chi connectivity index (χ4v) is 3.14. The molecule has 4 rings (SSSR count). The number of carbonyl (C=O) groups is 2. The van der Waals surface area contributed by atoms with Crippen molar-refractivity contribution in [2.75, 3.05) is 10.6 Å². The molecule has 0 unspecified atom stereocenters. The minimum absolute atomic E-state index is 0.152. The molecular weight excluding hydrogens is 404 g/mol. The van der Waals surface area contributed by atoms with Gasteiger partial charge in [0.1, 0.15) is 5.82 Å². The van der Waals surface area contributed by atoms with Crippen LogP contribution in [0, 0.1) is 5.92 Å². The lowest BCUT2D eigenvalue weighted by Gasteiger charge is -2.10. The zero-order valence-electron chi connectivity index (χ0n) is 17.9. The SMILES string of the molecule is CC(C)C(=O)Nc1cc(C(=O)Nc2cccc(Cn3cccn3)c2)nn1-c1ccccc1. The average molecular weight is 428 g/mol. The van der Waals surface area contributed by atoms with Gasteiger partial charge in [0.2, 0.25) is 5.91 Å². The Balaban J connectivity index is 1.57. The van der Waals surface area contributed by atoms with E-state index in [1.165, 1.54) is 0 Å². The van der Waals surface area contributed by atoms with Crippen LogP contribution in [0.1, 0.15) is 29.9 Å². The van der Waals surface area contributed by atoms with E-state index in [1.54, 1.807) is 16.9 Å². The monoisotopic (exact) mass is 428 g/mol. The number of hydrogen-bond donors (Lipinski definition) is 2. The summed E-state index contributed by atoms with van der Waals surface area (Å²) in [6, 6.07) is 20.4. The van der Waals surface area contributed by atoms with E-state index < -0.39 is 0 Å². The molecular formula is C24H24N6O2. The van der Waals surface area contributed by atoms with E-state index in [4.69, 9.17) is 0 Å². The first kappa shape index (κ1) is 21.0. The van der Waals surface area contributed by atoms with Crippen molar-refractivity contribution < 1.29 is 9.59 Å². The molecule has 0 radical (unpaired) electrons. The molecule has 2 aromatic heterocycles. The Morgan fingerprint density at radius 3 is 2.50 bits per heavy atom. The van der Waals surface area contributed by atoms with Crippen LogP contribution in [0.25, 0.3) is 5.69 Å². The number of carbonyl (C=O) groups excluding carboxylic acids is 2. The van der Waals surface area contributed by atoms with Gasteiger partial charge in [0.25, 0.3) is 5.91 Å². The third-order valence-electron chi connectivity index (χ3n) is 4.81. The maximum absolute atomic E-state index is 12.9. The van der Waals surface area contributed by atoms with Crippen molar-refractivity contribution in [3.05, 3.63) is 90.4 Å². The van der Waals surface area contributed by atoms with Gasteiger partial charge in [-0.15, -0.1) is 0 Å². The van der Waals surface area contributed by atoms with Crippen molar-refractivity contribution in [1.82, 2.24) is 19.6 Å². The van der Waals surface area contributed by atoms with Crippen LogP contribution in [-0.2, 0) is 11.3 Å². The third-order valence-corrected chi connectivity index (χ3v) is 4.81. The number of amides is 2. The second-order valence-electron chi connectivity index (χ2n) is 7.66. The van der Waals surface area contributed by atoms with Crippen LogP contribution in [0.15, 0.2) is 79.1 Å². The fourth-order valence-electron chi connectivity index (χ4n) is 3.14. The van der Waals surface area contributed by atoms with E-state index in [-0.39, 0.29) is 23.4 Å². The van der Waals surface area contributed by atoms with Crippen LogP contribution in [0.4, 0.5) is 11.5 Å². The Morgan fingerprint density at radius 2 is 1.78 bits per heavy atom.